The van der Waals surface area contributed by atoms with E-state index in [4.69, 9.17) is 30.4 Å². The highest BCUT2D eigenvalue weighted by Crippen LogP contribution is 2.35. The number of halogens is 3. The molecule has 0 atom stereocenters. The van der Waals surface area contributed by atoms with Crippen molar-refractivity contribution >= 4 is 63.7 Å². The minimum Gasteiger partial charge on any atom is -0.494 e. The molecule has 26 heteroatoms. The minimum absolute atomic E-state index is 0.0335. The smallest absolute Gasteiger partial charge is 0.435 e. The molecule has 0 aliphatic carbocycles. The molecule has 2 aromatic carbocycles. The largest absolute Gasteiger partial charge is 0.494 e. The Balaban J connectivity index is 1.09. The van der Waals surface area contributed by atoms with Crippen LogP contribution in [0.1, 0.15) is 94.1 Å². The summed E-state index contributed by atoms with van der Waals surface area (Å²) in [7, 11) is 1.41. The molecule has 0 saturated carbocycles. The van der Waals surface area contributed by atoms with Gasteiger partial charge in [-0.2, -0.15) is 23.4 Å². The average Bonchev–Trinajstić information content (AvgIpc) is 4.13. The fourth-order valence-electron chi connectivity index (χ4n) is 9.11. The van der Waals surface area contributed by atoms with Gasteiger partial charge in [0.05, 0.1) is 43.6 Å². The Morgan fingerprint density at radius 3 is 1.87 bits per heavy atom. The number of fused-ring (bicyclic) bond motifs is 2. The third-order valence-electron chi connectivity index (χ3n) is 12.4. The molecule has 2 fully saturated rings. The highest BCUT2D eigenvalue weighted by atomic mass is 19.4. The number of ether oxygens (including phenoxy) is 4. The zero-order chi connectivity index (χ0) is 54.1. The maximum Gasteiger partial charge on any atom is 0.435 e. The molecule has 8 rings (SSSR count). The lowest BCUT2D eigenvalue weighted by Crippen LogP contribution is -2.70. The summed E-state index contributed by atoms with van der Waals surface area (Å²) in [6.45, 7) is 14.0. The van der Waals surface area contributed by atoms with Crippen LogP contribution < -0.4 is 31.6 Å². The molecule has 6 heterocycles. The maximum atomic E-state index is 13.9. The zero-order valence-corrected chi connectivity index (χ0v) is 42.5. The number of primary amides is 2. The number of nitrogens with one attached hydrogen (secondary N) is 2. The molecule has 1 spiro atoms. The first kappa shape index (κ1) is 53.3. The molecule has 75 heavy (non-hydrogen) atoms. The van der Waals surface area contributed by atoms with Crippen LogP contribution in [0, 0.1) is 6.92 Å². The Labute approximate surface area is 427 Å². The number of allylic oxidation sites excluding steroid dienone is 2. The summed E-state index contributed by atoms with van der Waals surface area (Å²) in [5, 5.41) is 13.5. The number of hydrogen-bond acceptors (Lipinski definition) is 14. The van der Waals surface area contributed by atoms with Crippen molar-refractivity contribution < 1.29 is 56.1 Å². The lowest BCUT2D eigenvalue weighted by Gasteiger charge is -2.53. The number of amides is 5. The number of nitrogens with two attached hydrogens (primary N) is 2. The van der Waals surface area contributed by atoms with Crippen molar-refractivity contribution in [1.82, 2.24) is 48.5 Å². The summed E-state index contributed by atoms with van der Waals surface area (Å²) >= 11 is 0. The number of nitrogens with zero attached hydrogens (tertiary/aromatic N) is 10. The van der Waals surface area contributed by atoms with E-state index in [-0.39, 0.29) is 83.2 Å². The average molecular weight is 1050 g/mol. The van der Waals surface area contributed by atoms with Gasteiger partial charge in [0.2, 0.25) is 23.7 Å². The quantitative estimate of drug-likeness (QED) is 0.0636. The first-order chi connectivity index (χ1) is 35.5. The van der Waals surface area contributed by atoms with Gasteiger partial charge in [0.1, 0.15) is 45.1 Å². The predicted molar refractivity (Wildman–Crippen MR) is 267 cm³/mol. The van der Waals surface area contributed by atoms with E-state index in [1.54, 1.807) is 43.9 Å². The molecule has 2 aliphatic rings. The zero-order valence-electron chi connectivity index (χ0n) is 42.5. The molecular formula is C49H59F3N14O9. The molecule has 6 aromatic rings. The van der Waals surface area contributed by atoms with Gasteiger partial charge in [0.15, 0.2) is 5.69 Å². The van der Waals surface area contributed by atoms with Gasteiger partial charge < -0.3 is 44.4 Å². The Kier molecular flexibility index (Phi) is 15.0. The first-order valence-corrected chi connectivity index (χ1v) is 24.2. The topological polar surface area (TPSA) is 276 Å². The fourth-order valence-corrected chi connectivity index (χ4v) is 9.11. The number of benzene rings is 2. The summed E-state index contributed by atoms with van der Waals surface area (Å²) in [5.41, 5.74) is 10.8. The number of alkyl halides is 3. The molecule has 400 valence electrons. The first-order valence-electron chi connectivity index (χ1n) is 24.2. The molecule has 5 amide bonds. The third-order valence-corrected chi connectivity index (χ3v) is 12.4. The molecule has 0 bridgehead atoms. The summed E-state index contributed by atoms with van der Waals surface area (Å²) in [4.78, 5) is 78.6. The van der Waals surface area contributed by atoms with Crippen molar-refractivity contribution in [1.29, 1.82) is 0 Å². The van der Waals surface area contributed by atoms with E-state index in [2.05, 4.69) is 35.7 Å². The van der Waals surface area contributed by atoms with Crippen LogP contribution in [0.3, 0.4) is 0 Å². The number of anilines is 2. The number of aromatic nitrogens is 8. The van der Waals surface area contributed by atoms with E-state index in [1.807, 2.05) is 27.7 Å². The molecule has 6 N–H and O–H groups in total. The van der Waals surface area contributed by atoms with Crippen molar-refractivity contribution in [2.24, 2.45) is 11.5 Å². The Morgan fingerprint density at radius 1 is 0.787 bits per heavy atom. The molecule has 2 saturated heterocycles. The van der Waals surface area contributed by atoms with E-state index >= 15 is 0 Å². The van der Waals surface area contributed by atoms with Crippen LogP contribution in [0.25, 0.3) is 22.1 Å². The number of carbonyl (C=O) groups is 5. The van der Waals surface area contributed by atoms with E-state index < -0.39 is 52.8 Å². The predicted octanol–water partition coefficient (Wildman–Crippen LogP) is 5.20. The number of aryl methyl sites for hydroxylation is 3. The van der Waals surface area contributed by atoms with Crippen LogP contribution in [0.4, 0.5) is 29.9 Å². The van der Waals surface area contributed by atoms with E-state index in [0.717, 1.165) is 4.68 Å². The van der Waals surface area contributed by atoms with E-state index in [0.29, 0.717) is 75.1 Å². The van der Waals surface area contributed by atoms with Crippen molar-refractivity contribution in [2.75, 3.05) is 63.7 Å². The normalized spacial score (nSPS) is 14.9. The van der Waals surface area contributed by atoms with Gasteiger partial charge in [-0.25, -0.2) is 14.8 Å². The second kappa shape index (κ2) is 21.1. The van der Waals surface area contributed by atoms with Gasteiger partial charge in [-0.15, -0.1) is 0 Å². The van der Waals surface area contributed by atoms with Crippen molar-refractivity contribution in [3.8, 4) is 11.5 Å². The lowest BCUT2D eigenvalue weighted by molar-refractivity contribution is -0.180. The molecule has 23 nitrogen and oxygen atoms in total. The minimum atomic E-state index is -4.83. The summed E-state index contributed by atoms with van der Waals surface area (Å²) < 4.78 is 70.9. The van der Waals surface area contributed by atoms with Gasteiger partial charge >= 0.3 is 12.3 Å². The number of carbonyl (C=O) groups excluding carboxylic acids is 5. The van der Waals surface area contributed by atoms with Gasteiger partial charge in [-0.05, 0) is 78.3 Å². The van der Waals surface area contributed by atoms with Crippen LogP contribution in [-0.4, -0.2) is 142 Å². The van der Waals surface area contributed by atoms with Crippen LogP contribution in [0.5, 0.6) is 11.5 Å². The third kappa shape index (κ3) is 11.5. The number of rotatable bonds is 18. The monoisotopic (exact) mass is 1040 g/mol. The number of methoxy groups -OCH3 is 1. The Bertz CT molecular complexity index is 3210. The number of imidazole rings is 2. The molecular weight excluding hydrogens is 986 g/mol. The SMILES string of the molecule is CCn1nc(C)cc1C(=O)Nc1nc2cc(C(N)=O)cc(OC)c2n1C/C=C/Cn1c(NC(=O)c2cc(C(F)(F)F)nn2CC)nc2cc(C(N)=O)cc(OCCCN3CC4(C3)CN(C(=O)OC(C)(C)C)CCO4)c21. The molecule has 4 aromatic heterocycles. The van der Waals surface area contributed by atoms with Crippen LogP contribution in [0.15, 0.2) is 48.6 Å². The number of likely N-dealkylation sites (tertiary alicyclic amines) is 1. The number of hydrogen-bond donors (Lipinski definition) is 4. The van der Waals surface area contributed by atoms with Gasteiger partial charge in [0, 0.05) is 69.6 Å². The second-order valence-electron chi connectivity index (χ2n) is 19.1. The Morgan fingerprint density at radius 2 is 1.33 bits per heavy atom. The van der Waals surface area contributed by atoms with Gasteiger partial charge in [-0.1, -0.05) is 12.2 Å². The highest BCUT2D eigenvalue weighted by Gasteiger charge is 2.48. The fraction of sp³-hybridized carbons (Fsp3) is 0.449. The Hall–Kier alpha value is -8.00. The summed E-state index contributed by atoms with van der Waals surface area (Å²) in [5.74, 6) is -2.61. The van der Waals surface area contributed by atoms with Crippen molar-refractivity contribution in [2.45, 2.75) is 91.5 Å². The standard InChI is InChI=1S/C49H59F3N14O9/c1-8-65-33(19-28(3)59-65)42(69)57-44-55-31-20-29(40(53)67)22-35(72-7)38(31)63(44)14-10-11-15-64-39-32(56-45(64)58-43(70)34-24-37(49(50,51)52)60-66(34)9-2)21-30(41(54)68)23-36(39)73-17-12-13-61-25-48(26-61)27-62(16-18-74-48)46(71)75-47(4,5)6/h10-11,19-24H,8-9,12-18,25-27H2,1-7H3,(H2,53,67)(H2,54,68)(H,55,57,69)(H,56,58,70)/b11-10+. The van der Waals surface area contributed by atoms with Crippen LogP contribution in [0.2, 0.25) is 0 Å². The summed E-state index contributed by atoms with van der Waals surface area (Å²) in [6.07, 6.45) is -1.29. The van der Waals surface area contributed by atoms with Crippen molar-refractivity contribution in [3.05, 3.63) is 82.5 Å². The molecule has 0 radical (unpaired) electrons. The second-order valence-corrected chi connectivity index (χ2v) is 19.1. The van der Waals surface area contributed by atoms with E-state index in [1.165, 1.54) is 38.3 Å². The highest BCUT2D eigenvalue weighted by molar-refractivity contribution is 6.05. The van der Waals surface area contributed by atoms with Gasteiger partial charge in [0.25, 0.3) is 11.8 Å². The van der Waals surface area contributed by atoms with Crippen LogP contribution >= 0.6 is 0 Å². The van der Waals surface area contributed by atoms with Gasteiger partial charge in [-0.3, -0.25) is 44.1 Å². The van der Waals surface area contributed by atoms with E-state index in [9.17, 15) is 37.1 Å². The lowest BCUT2D eigenvalue weighted by atomic mass is 9.91. The molecule has 0 unspecified atom stereocenters. The summed E-state index contributed by atoms with van der Waals surface area (Å²) in [6, 6.07) is 8.07. The molecule has 2 aliphatic heterocycles. The maximum absolute atomic E-state index is 13.9. The van der Waals surface area contributed by atoms with Crippen molar-refractivity contribution in [3.63, 3.8) is 0 Å². The number of morpholine rings is 1. The van der Waals surface area contributed by atoms with Crippen LogP contribution in [-0.2, 0) is 41.8 Å².